The first-order valence-corrected chi connectivity index (χ1v) is 6.63. The first kappa shape index (κ1) is 16.2. The van der Waals surface area contributed by atoms with Crippen molar-refractivity contribution >= 4 is 17.9 Å². The van der Waals surface area contributed by atoms with Crippen molar-refractivity contribution in [3.8, 4) is 0 Å². The molecule has 1 heterocycles. The van der Waals surface area contributed by atoms with Crippen molar-refractivity contribution in [2.24, 2.45) is 5.73 Å². The topological polar surface area (TPSA) is 122 Å². The van der Waals surface area contributed by atoms with Crippen LogP contribution in [0.1, 0.15) is 25.7 Å². The number of carbonyl (C=O) groups excluding carboxylic acids is 2. The van der Waals surface area contributed by atoms with E-state index in [2.05, 4.69) is 5.32 Å². The van der Waals surface area contributed by atoms with Crippen molar-refractivity contribution < 1.29 is 24.2 Å². The van der Waals surface area contributed by atoms with Crippen molar-refractivity contribution in [3.63, 3.8) is 0 Å². The van der Waals surface area contributed by atoms with E-state index in [9.17, 15) is 14.4 Å². The fraction of sp³-hybridized carbons (Fsp3) is 0.750. The Kier molecular flexibility index (Phi) is 6.78. The first-order valence-electron chi connectivity index (χ1n) is 6.63. The Labute approximate surface area is 117 Å². The molecule has 1 saturated heterocycles. The molecule has 4 N–H and O–H groups in total. The van der Waals surface area contributed by atoms with Gasteiger partial charge in [0.2, 0.25) is 5.91 Å². The third-order valence-electron chi connectivity index (χ3n) is 2.95. The second-order valence-electron chi connectivity index (χ2n) is 4.69. The van der Waals surface area contributed by atoms with Crippen LogP contribution in [-0.4, -0.2) is 60.3 Å². The molecule has 1 atom stereocenters. The molecule has 0 aromatic carbocycles. The number of aliphatic carboxylic acids is 1. The summed E-state index contributed by atoms with van der Waals surface area (Å²) in [6.45, 7) is 1.53. The molecule has 0 bridgehead atoms. The van der Waals surface area contributed by atoms with E-state index in [0.29, 0.717) is 39.0 Å². The maximum absolute atomic E-state index is 11.8. The van der Waals surface area contributed by atoms with Crippen LogP contribution >= 0.6 is 0 Å². The summed E-state index contributed by atoms with van der Waals surface area (Å²) in [7, 11) is 0. The second-order valence-corrected chi connectivity index (χ2v) is 4.69. The van der Waals surface area contributed by atoms with E-state index < -0.39 is 12.1 Å². The van der Waals surface area contributed by atoms with Gasteiger partial charge in [0.1, 0.15) is 0 Å². The normalized spacial score (nSPS) is 18.6. The maximum Gasteiger partial charge on any atom is 0.317 e. The van der Waals surface area contributed by atoms with Gasteiger partial charge in [-0.2, -0.15) is 0 Å². The number of ether oxygens (including phenoxy) is 1. The molecule has 0 spiro atoms. The number of nitrogens with two attached hydrogens (primary N) is 1. The minimum absolute atomic E-state index is 0.109. The van der Waals surface area contributed by atoms with E-state index in [1.807, 2.05) is 0 Å². The molecule has 0 aromatic heterocycles. The number of morpholine rings is 1. The van der Waals surface area contributed by atoms with Gasteiger partial charge in [-0.15, -0.1) is 0 Å². The van der Waals surface area contributed by atoms with Crippen LogP contribution in [-0.2, 0) is 14.3 Å². The highest BCUT2D eigenvalue weighted by molar-refractivity contribution is 5.75. The predicted octanol–water partition coefficient (Wildman–Crippen LogP) is -0.473. The number of hydrogen-bond acceptors (Lipinski definition) is 4. The number of primary amides is 1. The number of urea groups is 1. The van der Waals surface area contributed by atoms with Gasteiger partial charge in [-0.1, -0.05) is 0 Å². The smallest absolute Gasteiger partial charge is 0.317 e. The molecule has 0 saturated carbocycles. The van der Waals surface area contributed by atoms with Gasteiger partial charge in [-0.3, -0.25) is 9.59 Å². The Hall–Kier alpha value is -1.83. The Bertz CT molecular complexity index is 361. The number of nitrogens with one attached hydrogen (secondary N) is 1. The summed E-state index contributed by atoms with van der Waals surface area (Å²) in [4.78, 5) is 34.5. The number of carboxylic acid groups (broad SMARTS) is 1. The van der Waals surface area contributed by atoms with Gasteiger partial charge in [0, 0.05) is 26.1 Å². The molecule has 1 unspecified atom stereocenters. The van der Waals surface area contributed by atoms with Crippen LogP contribution in [0.25, 0.3) is 0 Å². The first-order chi connectivity index (χ1) is 9.49. The SMILES string of the molecule is NC(=O)CCCCNC(=O)N1CCOC(CC(=O)O)C1. The van der Waals surface area contributed by atoms with E-state index in [0.717, 1.165) is 0 Å². The quantitative estimate of drug-likeness (QED) is 0.546. The van der Waals surface area contributed by atoms with Crippen LogP contribution < -0.4 is 11.1 Å². The van der Waals surface area contributed by atoms with Gasteiger partial charge in [0.25, 0.3) is 0 Å². The number of carboxylic acids is 1. The minimum Gasteiger partial charge on any atom is -0.481 e. The zero-order valence-electron chi connectivity index (χ0n) is 11.3. The molecule has 114 valence electrons. The number of unbranched alkanes of at least 4 members (excludes halogenated alkanes) is 1. The fourth-order valence-electron chi connectivity index (χ4n) is 1.95. The van der Waals surface area contributed by atoms with Gasteiger partial charge in [0.15, 0.2) is 0 Å². The summed E-state index contributed by atoms with van der Waals surface area (Å²) >= 11 is 0. The number of rotatable bonds is 7. The Balaban J connectivity index is 2.21. The maximum atomic E-state index is 11.8. The molecule has 0 radical (unpaired) electrons. The summed E-state index contributed by atoms with van der Waals surface area (Å²) in [6, 6.07) is -0.234. The van der Waals surface area contributed by atoms with E-state index in [-0.39, 0.29) is 24.9 Å². The second kappa shape index (κ2) is 8.36. The van der Waals surface area contributed by atoms with E-state index >= 15 is 0 Å². The van der Waals surface area contributed by atoms with Crippen molar-refractivity contribution in [1.29, 1.82) is 0 Å². The third kappa shape index (κ3) is 6.37. The largest absolute Gasteiger partial charge is 0.481 e. The van der Waals surface area contributed by atoms with Crippen molar-refractivity contribution in [1.82, 2.24) is 10.2 Å². The fourth-order valence-corrected chi connectivity index (χ4v) is 1.95. The minimum atomic E-state index is -0.941. The van der Waals surface area contributed by atoms with Crippen molar-refractivity contribution in [2.45, 2.75) is 31.8 Å². The third-order valence-corrected chi connectivity index (χ3v) is 2.95. The average molecular weight is 287 g/mol. The van der Waals surface area contributed by atoms with Crippen LogP contribution in [0.2, 0.25) is 0 Å². The molecule has 1 rings (SSSR count). The van der Waals surface area contributed by atoms with Crippen molar-refractivity contribution in [3.05, 3.63) is 0 Å². The molecule has 8 heteroatoms. The van der Waals surface area contributed by atoms with E-state index in [1.165, 1.54) is 0 Å². The highest BCUT2D eigenvalue weighted by Gasteiger charge is 2.25. The number of carbonyl (C=O) groups is 3. The summed E-state index contributed by atoms with van der Waals surface area (Å²) in [5.41, 5.74) is 5.01. The summed E-state index contributed by atoms with van der Waals surface area (Å²) in [6.07, 6.45) is 1.07. The molecule has 0 aliphatic carbocycles. The van der Waals surface area contributed by atoms with Crippen LogP contribution in [0.4, 0.5) is 4.79 Å². The van der Waals surface area contributed by atoms with Gasteiger partial charge in [-0.05, 0) is 12.8 Å². The number of amides is 3. The van der Waals surface area contributed by atoms with Crippen molar-refractivity contribution in [2.75, 3.05) is 26.2 Å². The highest BCUT2D eigenvalue weighted by Crippen LogP contribution is 2.08. The highest BCUT2D eigenvalue weighted by atomic mass is 16.5. The lowest BCUT2D eigenvalue weighted by Gasteiger charge is -2.32. The van der Waals surface area contributed by atoms with Gasteiger partial charge < -0.3 is 25.8 Å². The zero-order chi connectivity index (χ0) is 15.0. The van der Waals surface area contributed by atoms with Gasteiger partial charge in [0.05, 0.1) is 19.1 Å². The Morgan fingerprint density at radius 1 is 1.35 bits per heavy atom. The monoisotopic (exact) mass is 287 g/mol. The summed E-state index contributed by atoms with van der Waals surface area (Å²) in [5, 5.41) is 11.4. The van der Waals surface area contributed by atoms with Crippen LogP contribution in [0, 0.1) is 0 Å². The van der Waals surface area contributed by atoms with Gasteiger partial charge in [-0.25, -0.2) is 4.79 Å². The predicted molar refractivity (Wildman–Crippen MR) is 70.0 cm³/mol. The van der Waals surface area contributed by atoms with Crippen LogP contribution in [0.3, 0.4) is 0 Å². The average Bonchev–Trinajstić information content (AvgIpc) is 2.37. The molecule has 0 aromatic rings. The lowest BCUT2D eigenvalue weighted by Crippen LogP contribution is -2.50. The molecule has 1 fully saturated rings. The molecule has 3 amide bonds. The summed E-state index contributed by atoms with van der Waals surface area (Å²) in [5.74, 6) is -1.29. The molecular weight excluding hydrogens is 266 g/mol. The molecule has 1 aliphatic rings. The standard InChI is InChI=1S/C12H21N3O5/c13-10(16)3-1-2-4-14-12(19)15-5-6-20-9(8-15)7-11(17)18/h9H,1-8H2,(H2,13,16)(H,14,19)(H,17,18). The van der Waals surface area contributed by atoms with Crippen LogP contribution in [0.5, 0.6) is 0 Å². The molecular formula is C12H21N3O5. The lowest BCUT2D eigenvalue weighted by atomic mass is 10.2. The number of nitrogens with zero attached hydrogens (tertiary/aromatic N) is 1. The van der Waals surface area contributed by atoms with Gasteiger partial charge >= 0.3 is 12.0 Å². The molecule has 20 heavy (non-hydrogen) atoms. The van der Waals surface area contributed by atoms with E-state index in [1.54, 1.807) is 4.90 Å². The Morgan fingerprint density at radius 3 is 2.75 bits per heavy atom. The lowest BCUT2D eigenvalue weighted by molar-refractivity contribution is -0.141. The molecule has 8 nitrogen and oxygen atoms in total. The summed E-state index contributed by atoms with van der Waals surface area (Å²) < 4.78 is 5.28. The molecule has 1 aliphatic heterocycles. The number of hydrogen-bond donors (Lipinski definition) is 3. The van der Waals surface area contributed by atoms with E-state index in [4.69, 9.17) is 15.6 Å². The Morgan fingerprint density at radius 2 is 2.10 bits per heavy atom. The van der Waals surface area contributed by atoms with Crippen LogP contribution in [0.15, 0.2) is 0 Å². The zero-order valence-corrected chi connectivity index (χ0v) is 11.3.